The van der Waals surface area contributed by atoms with Crippen molar-refractivity contribution in [1.29, 1.82) is 0 Å². The molecular weight excluding hydrogens is 750 g/mol. The molecule has 4 atom stereocenters. The minimum absolute atomic E-state index is 0.122. The minimum atomic E-state index is -4.65. The Kier molecular flexibility index (Phi) is 13.7. The molecule has 6 rings (SSSR count). The number of fused-ring (bicyclic) bond motifs is 18. The van der Waals surface area contributed by atoms with Crippen molar-refractivity contribution in [1.82, 2.24) is 21.3 Å². The van der Waals surface area contributed by atoms with E-state index in [0.29, 0.717) is 22.4 Å². The molecule has 0 fully saturated rings. The molecule has 12 nitrogen and oxygen atoms in total. The van der Waals surface area contributed by atoms with Crippen LogP contribution < -0.4 is 26.6 Å². The van der Waals surface area contributed by atoms with Gasteiger partial charge in [0, 0.05) is 44.2 Å². The van der Waals surface area contributed by atoms with E-state index in [1.165, 1.54) is 24.3 Å². The molecule has 4 aromatic rings. The number of hydrogen-bond donors (Lipinski definition) is 6. The number of hydrogen-bond acceptors (Lipinski definition) is 6. The molecule has 298 valence electrons. The number of rotatable bonds is 7. The molecule has 0 aromatic heterocycles. The second-order valence-electron chi connectivity index (χ2n) is 13.5. The number of aliphatic carboxylic acids is 1. The standard InChI is InChI=1S/C41H39F4N5O7/c42-29-14-8-26(9-15-29)21-31-37(53)48-33(22-25-6-12-28(13-7-25)41(43,44)45)38(54)49-32(20-24-4-2-1-3-5-24)39(55)50-34(40(56)57)23-27-10-16-30(17-11-27)46-35(51)18-19-36(52)47-31/h1-17,31-34H,18-23H2,(H,46,51)(H,47,52)(H,48,53)(H,49,54)(H,50,55)(H,56,57). The molecule has 5 amide bonds. The molecule has 2 aliphatic rings. The van der Waals surface area contributed by atoms with Gasteiger partial charge in [-0.3, -0.25) is 24.0 Å². The lowest BCUT2D eigenvalue weighted by atomic mass is 9.99. The van der Waals surface area contributed by atoms with Crippen molar-refractivity contribution in [2.75, 3.05) is 5.32 Å². The van der Waals surface area contributed by atoms with Crippen molar-refractivity contribution >= 4 is 41.2 Å². The molecule has 2 aliphatic heterocycles. The number of alkyl halides is 3. The zero-order valence-corrected chi connectivity index (χ0v) is 30.3. The highest BCUT2D eigenvalue weighted by atomic mass is 19.4. The van der Waals surface area contributed by atoms with Crippen LogP contribution in [0.25, 0.3) is 0 Å². The Morgan fingerprint density at radius 3 is 1.60 bits per heavy atom. The summed E-state index contributed by atoms with van der Waals surface area (Å²) in [6.45, 7) is 0. The van der Waals surface area contributed by atoms with Crippen molar-refractivity contribution < 1.29 is 51.4 Å². The fourth-order valence-electron chi connectivity index (χ4n) is 6.09. The molecule has 16 heteroatoms. The van der Waals surface area contributed by atoms with Crippen molar-refractivity contribution in [3.63, 3.8) is 0 Å². The maximum absolute atomic E-state index is 14.2. The normalized spacial score (nSPS) is 20.2. The van der Waals surface area contributed by atoms with Crippen LogP contribution >= 0.6 is 0 Å². The summed E-state index contributed by atoms with van der Waals surface area (Å²) >= 11 is 0. The monoisotopic (exact) mass is 789 g/mol. The highest BCUT2D eigenvalue weighted by molar-refractivity contribution is 5.96. The van der Waals surface area contributed by atoms with Gasteiger partial charge in [0.05, 0.1) is 5.56 Å². The molecule has 57 heavy (non-hydrogen) atoms. The zero-order valence-electron chi connectivity index (χ0n) is 30.3. The number of amides is 5. The molecular formula is C41H39F4N5O7. The van der Waals surface area contributed by atoms with Crippen molar-refractivity contribution in [2.24, 2.45) is 0 Å². The van der Waals surface area contributed by atoms with Crippen LogP contribution in [0.5, 0.6) is 0 Å². The Balaban J connectivity index is 1.52. The van der Waals surface area contributed by atoms with E-state index in [1.807, 2.05) is 0 Å². The van der Waals surface area contributed by atoms with Crippen LogP contribution in [0.3, 0.4) is 0 Å². The molecule has 0 saturated carbocycles. The molecule has 0 aliphatic carbocycles. The summed E-state index contributed by atoms with van der Waals surface area (Å²) in [6.07, 6.45) is -6.17. The smallest absolute Gasteiger partial charge is 0.416 e. The number of carboxylic acid groups (broad SMARTS) is 1. The molecule has 2 heterocycles. The second kappa shape index (κ2) is 18.8. The third-order valence-corrected chi connectivity index (χ3v) is 9.15. The topological polar surface area (TPSA) is 183 Å². The molecule has 2 bridgehead atoms. The SMILES string of the molecule is O=C1CCC(=O)NC(Cc2ccc(F)cc2)C(=O)NC(Cc2ccc(C(F)(F)F)cc2)C(=O)NC(Cc2ccccc2)C(=O)NC(C(=O)O)Cc2ccc(cc2)N1. The van der Waals surface area contributed by atoms with Gasteiger partial charge in [0.25, 0.3) is 0 Å². The van der Waals surface area contributed by atoms with Crippen molar-refractivity contribution in [2.45, 2.75) is 68.9 Å². The largest absolute Gasteiger partial charge is 0.480 e. The maximum atomic E-state index is 14.2. The lowest BCUT2D eigenvalue weighted by molar-refractivity contribution is -0.142. The predicted octanol–water partition coefficient (Wildman–Crippen LogP) is 3.87. The van der Waals surface area contributed by atoms with Gasteiger partial charge in [0.2, 0.25) is 29.5 Å². The van der Waals surface area contributed by atoms with Crippen molar-refractivity contribution in [3.8, 4) is 0 Å². The summed E-state index contributed by atoms with van der Waals surface area (Å²) < 4.78 is 53.8. The third-order valence-electron chi connectivity index (χ3n) is 9.15. The van der Waals surface area contributed by atoms with Gasteiger partial charge in [-0.1, -0.05) is 66.7 Å². The van der Waals surface area contributed by atoms with Gasteiger partial charge in [-0.15, -0.1) is 0 Å². The lowest BCUT2D eigenvalue weighted by Gasteiger charge is -2.26. The maximum Gasteiger partial charge on any atom is 0.416 e. The highest BCUT2D eigenvalue weighted by Gasteiger charge is 2.33. The minimum Gasteiger partial charge on any atom is -0.480 e. The number of anilines is 1. The molecule has 0 saturated heterocycles. The first-order valence-corrected chi connectivity index (χ1v) is 17.9. The van der Waals surface area contributed by atoms with Crippen LogP contribution in [-0.2, 0) is 60.6 Å². The summed E-state index contributed by atoms with van der Waals surface area (Å²) in [5, 5.41) is 22.9. The van der Waals surface area contributed by atoms with Gasteiger partial charge < -0.3 is 31.7 Å². The summed E-state index contributed by atoms with van der Waals surface area (Å²) in [5.74, 6) is -5.93. The van der Waals surface area contributed by atoms with E-state index in [4.69, 9.17) is 0 Å². The van der Waals surface area contributed by atoms with E-state index < -0.39 is 77.2 Å². The third kappa shape index (κ3) is 12.5. The second-order valence-corrected chi connectivity index (χ2v) is 13.5. The van der Waals surface area contributed by atoms with Crippen LogP contribution in [0.15, 0.2) is 103 Å². The first-order valence-electron chi connectivity index (χ1n) is 17.9. The molecule has 4 aromatic carbocycles. The average Bonchev–Trinajstić information content (AvgIpc) is 3.17. The summed E-state index contributed by atoms with van der Waals surface area (Å²) in [7, 11) is 0. The van der Waals surface area contributed by atoms with E-state index in [9.17, 15) is 51.4 Å². The number of halogens is 4. The van der Waals surface area contributed by atoms with E-state index in [-0.39, 0.29) is 44.1 Å². The van der Waals surface area contributed by atoms with Gasteiger partial charge in [-0.25, -0.2) is 9.18 Å². The van der Waals surface area contributed by atoms with Crippen LogP contribution in [0.1, 0.15) is 40.7 Å². The molecule has 4 unspecified atom stereocenters. The summed E-state index contributed by atoms with van der Waals surface area (Å²) in [5.41, 5.74) is 1.08. The number of carboxylic acids is 1. The number of carbonyl (C=O) groups is 6. The Labute approximate surface area is 324 Å². The van der Waals surface area contributed by atoms with E-state index in [1.54, 1.807) is 42.5 Å². The van der Waals surface area contributed by atoms with Gasteiger partial charge in [-0.2, -0.15) is 13.2 Å². The zero-order chi connectivity index (χ0) is 41.1. The van der Waals surface area contributed by atoms with Gasteiger partial charge >= 0.3 is 12.1 Å². The van der Waals surface area contributed by atoms with Crippen LogP contribution in [-0.4, -0.2) is 64.8 Å². The Hall–Kier alpha value is -6.58. The van der Waals surface area contributed by atoms with E-state index >= 15 is 0 Å². The van der Waals surface area contributed by atoms with Crippen LogP contribution in [0, 0.1) is 5.82 Å². The molecule has 6 N–H and O–H groups in total. The average molecular weight is 790 g/mol. The quantitative estimate of drug-likeness (QED) is 0.121. The van der Waals surface area contributed by atoms with Crippen molar-refractivity contribution in [3.05, 3.63) is 137 Å². The molecule has 0 radical (unpaired) electrons. The Morgan fingerprint density at radius 1 is 0.596 bits per heavy atom. The Bertz CT molecular complexity index is 2060. The van der Waals surface area contributed by atoms with E-state index in [0.717, 1.165) is 36.4 Å². The van der Waals surface area contributed by atoms with Gasteiger partial charge in [0.15, 0.2) is 0 Å². The first-order chi connectivity index (χ1) is 27.1. The lowest BCUT2D eigenvalue weighted by Crippen LogP contribution is -2.59. The van der Waals surface area contributed by atoms with Crippen LogP contribution in [0.2, 0.25) is 0 Å². The Morgan fingerprint density at radius 2 is 1.07 bits per heavy atom. The fraction of sp³-hybridized carbons (Fsp3) is 0.268. The predicted molar refractivity (Wildman–Crippen MR) is 199 cm³/mol. The summed E-state index contributed by atoms with van der Waals surface area (Å²) in [4.78, 5) is 80.3. The highest BCUT2D eigenvalue weighted by Crippen LogP contribution is 2.29. The molecule has 0 spiro atoms. The van der Waals surface area contributed by atoms with E-state index in [2.05, 4.69) is 26.6 Å². The van der Waals surface area contributed by atoms with Gasteiger partial charge in [-0.05, 0) is 58.7 Å². The van der Waals surface area contributed by atoms with Gasteiger partial charge in [0.1, 0.15) is 30.0 Å². The fourth-order valence-corrected chi connectivity index (χ4v) is 6.09. The number of benzene rings is 4. The number of carbonyl (C=O) groups excluding carboxylic acids is 5. The summed E-state index contributed by atoms with van der Waals surface area (Å²) in [6, 6.07) is 17.7. The van der Waals surface area contributed by atoms with Crippen LogP contribution in [0.4, 0.5) is 23.2 Å². The number of nitrogens with one attached hydrogen (secondary N) is 5. The first kappa shape index (κ1) is 41.6.